The zero-order valence-electron chi connectivity index (χ0n) is 20.3. The Balaban J connectivity index is 1.26. The van der Waals surface area contributed by atoms with Gasteiger partial charge in [-0.3, -0.25) is 0 Å². The monoisotopic (exact) mass is 467 g/mol. The molecule has 0 saturated carbocycles. The number of ether oxygens (including phenoxy) is 1. The number of aryl methyl sites for hydroxylation is 1. The molecular weight excluding hydrogens is 434 g/mol. The van der Waals surface area contributed by atoms with Crippen LogP contribution >= 0.6 is 0 Å². The van der Waals surface area contributed by atoms with Gasteiger partial charge in [-0.1, -0.05) is 104 Å². The molecule has 0 aliphatic carbocycles. The second-order valence-electron chi connectivity index (χ2n) is 8.64. The number of imidazole rings is 1. The van der Waals surface area contributed by atoms with Gasteiger partial charge in [0.1, 0.15) is 12.4 Å². The van der Waals surface area contributed by atoms with Crippen molar-refractivity contribution in [1.29, 1.82) is 0 Å². The van der Waals surface area contributed by atoms with Gasteiger partial charge in [0.15, 0.2) is 0 Å². The number of nitrogens with zero attached hydrogens (tertiary/aromatic N) is 2. The molecule has 5 heteroatoms. The molecule has 0 saturated heterocycles. The molecule has 3 aromatic carbocycles. The van der Waals surface area contributed by atoms with Crippen LogP contribution in [0.25, 0.3) is 22.5 Å². The van der Waals surface area contributed by atoms with E-state index in [9.17, 15) is 4.79 Å². The Hall–Kier alpha value is -3.86. The Kier molecular flexibility index (Phi) is 8.71. The molecule has 4 rings (SSSR count). The second-order valence-corrected chi connectivity index (χ2v) is 8.64. The largest absolute Gasteiger partial charge is 0.445 e. The lowest BCUT2D eigenvalue weighted by Crippen LogP contribution is -2.25. The van der Waals surface area contributed by atoms with Crippen molar-refractivity contribution < 1.29 is 9.53 Å². The predicted molar refractivity (Wildman–Crippen MR) is 141 cm³/mol. The molecule has 0 fully saturated rings. The first kappa shape index (κ1) is 24.3. The fourth-order valence-corrected chi connectivity index (χ4v) is 4.24. The number of alkyl carbamates (subject to hydrolysis) is 1. The summed E-state index contributed by atoms with van der Waals surface area (Å²) in [6, 6.07) is 30.6. The molecule has 4 aromatic rings. The number of rotatable bonds is 11. The van der Waals surface area contributed by atoms with Gasteiger partial charge in [0.25, 0.3) is 0 Å². The number of benzene rings is 3. The van der Waals surface area contributed by atoms with Crippen molar-refractivity contribution in [2.45, 2.75) is 45.8 Å². The third kappa shape index (κ3) is 6.82. The molecule has 0 spiro atoms. The van der Waals surface area contributed by atoms with E-state index in [0.29, 0.717) is 13.2 Å². The summed E-state index contributed by atoms with van der Waals surface area (Å²) in [5, 5.41) is 2.85. The molecule has 1 amide bonds. The highest BCUT2D eigenvalue weighted by molar-refractivity contribution is 5.79. The number of carbonyl (C=O) groups is 1. The Morgan fingerprint density at radius 2 is 1.40 bits per heavy atom. The van der Waals surface area contributed by atoms with Crippen molar-refractivity contribution in [3.8, 4) is 22.5 Å². The maximum Gasteiger partial charge on any atom is 0.407 e. The lowest BCUT2D eigenvalue weighted by Gasteiger charge is -2.12. The minimum absolute atomic E-state index is 0.297. The van der Waals surface area contributed by atoms with Crippen molar-refractivity contribution in [2.75, 3.05) is 6.54 Å². The Labute approximate surface area is 207 Å². The first-order valence-electron chi connectivity index (χ1n) is 12.3. The summed E-state index contributed by atoms with van der Waals surface area (Å²) in [5.74, 6) is 1.03. The lowest BCUT2D eigenvalue weighted by atomic mass is 10.0. The van der Waals surface area contributed by atoms with Crippen LogP contribution in [0.3, 0.4) is 0 Å². The smallest absolute Gasteiger partial charge is 0.407 e. The van der Waals surface area contributed by atoms with Crippen LogP contribution in [-0.4, -0.2) is 22.2 Å². The number of unbranched alkanes of at least 4 members (excludes halogenated alkanes) is 3. The first-order valence-corrected chi connectivity index (χ1v) is 12.3. The molecule has 0 bridgehead atoms. The lowest BCUT2D eigenvalue weighted by molar-refractivity contribution is 0.139. The van der Waals surface area contributed by atoms with E-state index in [-0.39, 0.29) is 6.09 Å². The van der Waals surface area contributed by atoms with Gasteiger partial charge in [-0.25, -0.2) is 9.78 Å². The maximum atomic E-state index is 11.9. The van der Waals surface area contributed by atoms with Gasteiger partial charge in [-0.05, 0) is 25.3 Å². The summed E-state index contributed by atoms with van der Waals surface area (Å²) in [6.07, 6.45) is 3.78. The van der Waals surface area contributed by atoms with E-state index in [4.69, 9.17) is 9.72 Å². The molecule has 1 heterocycles. The second kappa shape index (κ2) is 12.6. The number of aromatic nitrogens is 2. The summed E-state index contributed by atoms with van der Waals surface area (Å²) in [6.45, 7) is 3.93. The molecule has 180 valence electrons. The van der Waals surface area contributed by atoms with Gasteiger partial charge in [-0.15, -0.1) is 0 Å². The summed E-state index contributed by atoms with van der Waals surface area (Å²) in [7, 11) is 0. The highest BCUT2D eigenvalue weighted by Gasteiger charge is 2.17. The van der Waals surface area contributed by atoms with E-state index in [1.165, 1.54) is 11.3 Å². The number of hydrogen-bond acceptors (Lipinski definition) is 3. The molecule has 35 heavy (non-hydrogen) atoms. The van der Waals surface area contributed by atoms with E-state index < -0.39 is 0 Å². The van der Waals surface area contributed by atoms with Crippen molar-refractivity contribution in [3.05, 3.63) is 102 Å². The summed E-state index contributed by atoms with van der Waals surface area (Å²) in [5.41, 5.74) is 5.52. The van der Waals surface area contributed by atoms with Crippen molar-refractivity contribution in [3.63, 3.8) is 0 Å². The number of hydrogen-bond donors (Lipinski definition) is 1. The average molecular weight is 468 g/mol. The van der Waals surface area contributed by atoms with Gasteiger partial charge in [-0.2, -0.15) is 0 Å². The molecule has 1 N–H and O–H groups in total. The van der Waals surface area contributed by atoms with Gasteiger partial charge in [0.2, 0.25) is 0 Å². The van der Waals surface area contributed by atoms with Crippen LogP contribution in [0.15, 0.2) is 91.0 Å². The summed E-state index contributed by atoms with van der Waals surface area (Å²) < 4.78 is 7.60. The molecular formula is C30H33N3O2. The van der Waals surface area contributed by atoms with Gasteiger partial charge in [0.05, 0.1) is 11.4 Å². The Morgan fingerprint density at radius 1 is 0.800 bits per heavy atom. The van der Waals surface area contributed by atoms with Crippen molar-refractivity contribution >= 4 is 6.09 Å². The predicted octanol–water partition coefficient (Wildman–Crippen LogP) is 7.01. The van der Waals surface area contributed by atoms with Gasteiger partial charge >= 0.3 is 6.09 Å². The standard InChI is InChI=1S/C30H33N3O2/c1-24-32-28(26-17-9-5-10-18-26)29(27-19-11-6-12-20-27)33(24)22-14-3-2-13-21-31-30(34)35-23-25-15-7-4-8-16-25/h4-12,15-20H,2-3,13-14,21-23H2,1H3,(H,31,34). The Bertz CT molecular complexity index is 1190. The van der Waals surface area contributed by atoms with E-state index >= 15 is 0 Å². The molecule has 0 radical (unpaired) electrons. The minimum atomic E-state index is -0.358. The van der Waals surface area contributed by atoms with Crippen LogP contribution in [0.5, 0.6) is 0 Å². The van der Waals surface area contributed by atoms with Crippen molar-refractivity contribution in [1.82, 2.24) is 14.9 Å². The number of carbonyl (C=O) groups excluding carboxylic acids is 1. The van der Waals surface area contributed by atoms with E-state index in [2.05, 4.69) is 65.3 Å². The fourth-order valence-electron chi connectivity index (χ4n) is 4.24. The van der Waals surface area contributed by atoms with E-state index in [1.807, 2.05) is 42.5 Å². The highest BCUT2D eigenvalue weighted by Crippen LogP contribution is 2.33. The maximum absolute atomic E-state index is 11.9. The van der Waals surface area contributed by atoms with Crippen LogP contribution in [0.4, 0.5) is 4.79 Å². The zero-order valence-corrected chi connectivity index (χ0v) is 20.3. The Morgan fingerprint density at radius 3 is 2.09 bits per heavy atom. The quantitative estimate of drug-likeness (QED) is 0.241. The van der Waals surface area contributed by atoms with Crippen LogP contribution in [0, 0.1) is 6.92 Å². The van der Waals surface area contributed by atoms with Crippen LogP contribution in [0.2, 0.25) is 0 Å². The first-order chi connectivity index (χ1) is 17.2. The normalized spacial score (nSPS) is 10.8. The van der Waals surface area contributed by atoms with E-state index in [1.54, 1.807) is 0 Å². The molecule has 0 atom stereocenters. The average Bonchev–Trinajstić information content (AvgIpc) is 3.24. The summed E-state index contributed by atoms with van der Waals surface area (Å²) >= 11 is 0. The topological polar surface area (TPSA) is 56.2 Å². The zero-order chi connectivity index (χ0) is 24.3. The van der Waals surface area contributed by atoms with Crippen LogP contribution in [-0.2, 0) is 17.9 Å². The highest BCUT2D eigenvalue weighted by atomic mass is 16.5. The minimum Gasteiger partial charge on any atom is -0.445 e. The molecule has 5 nitrogen and oxygen atoms in total. The van der Waals surface area contributed by atoms with Crippen molar-refractivity contribution in [2.24, 2.45) is 0 Å². The molecule has 0 aliphatic heterocycles. The van der Waals surface area contributed by atoms with Gasteiger partial charge in [0, 0.05) is 24.2 Å². The fraction of sp³-hybridized carbons (Fsp3) is 0.267. The molecule has 0 unspecified atom stereocenters. The molecule has 0 aliphatic rings. The number of amides is 1. The third-order valence-corrected chi connectivity index (χ3v) is 6.04. The summed E-state index contributed by atoms with van der Waals surface area (Å²) in [4.78, 5) is 16.8. The third-order valence-electron chi connectivity index (χ3n) is 6.04. The van der Waals surface area contributed by atoms with Gasteiger partial charge < -0.3 is 14.6 Å². The SMILES string of the molecule is Cc1nc(-c2ccccc2)c(-c2ccccc2)n1CCCCCCNC(=O)OCc1ccccc1. The molecule has 1 aromatic heterocycles. The number of nitrogens with one attached hydrogen (secondary N) is 1. The van der Waals surface area contributed by atoms with Crippen LogP contribution in [0.1, 0.15) is 37.1 Å². The van der Waals surface area contributed by atoms with E-state index in [0.717, 1.165) is 54.9 Å². The van der Waals surface area contributed by atoms with Crippen LogP contribution < -0.4 is 5.32 Å².